The number of hydrogen-bond donors (Lipinski definition) is 2. The molecule has 0 aromatic heterocycles. The molecule has 23 heavy (non-hydrogen) atoms. The third kappa shape index (κ3) is 4.04. The van der Waals surface area contributed by atoms with Crippen molar-refractivity contribution in [2.24, 2.45) is 0 Å². The first kappa shape index (κ1) is 16.9. The molecule has 0 saturated carbocycles. The van der Waals surface area contributed by atoms with Crippen LogP contribution in [-0.2, 0) is 11.2 Å². The second kappa shape index (κ2) is 7.19. The van der Waals surface area contributed by atoms with E-state index < -0.39 is 35.1 Å². The lowest BCUT2D eigenvalue weighted by atomic mass is 10.1. The Labute approximate surface area is 135 Å². The average Bonchev–Trinajstić information content (AvgIpc) is 2.51. The second-order valence-electron chi connectivity index (χ2n) is 4.76. The Morgan fingerprint density at radius 2 is 1.83 bits per heavy atom. The highest BCUT2D eigenvalue weighted by molar-refractivity contribution is 6.31. The van der Waals surface area contributed by atoms with Crippen molar-refractivity contribution in [2.75, 3.05) is 0 Å². The highest BCUT2D eigenvalue weighted by atomic mass is 35.5. The molecular weight excluding hydrogens is 328 g/mol. The smallest absolute Gasteiger partial charge is 0.326 e. The number of carbonyl (C=O) groups excluding carboxylic acids is 1. The van der Waals surface area contributed by atoms with E-state index in [1.54, 1.807) is 24.3 Å². The number of amides is 1. The molecule has 1 amide bonds. The van der Waals surface area contributed by atoms with E-state index >= 15 is 0 Å². The van der Waals surface area contributed by atoms with Gasteiger partial charge in [-0.05, 0) is 23.8 Å². The fraction of sp³-hybridized carbons (Fsp3) is 0.125. The maximum atomic E-state index is 13.6. The second-order valence-corrected chi connectivity index (χ2v) is 5.17. The molecule has 0 radical (unpaired) electrons. The monoisotopic (exact) mass is 339 g/mol. The van der Waals surface area contributed by atoms with Crippen LogP contribution in [-0.4, -0.2) is 23.0 Å². The van der Waals surface area contributed by atoms with E-state index in [0.29, 0.717) is 10.6 Å². The molecule has 0 aliphatic carbocycles. The molecule has 0 unspecified atom stereocenters. The van der Waals surface area contributed by atoms with Crippen LogP contribution in [0.1, 0.15) is 15.9 Å². The van der Waals surface area contributed by atoms with Crippen LogP contribution in [0.3, 0.4) is 0 Å². The Bertz CT molecular complexity index is 752. The van der Waals surface area contributed by atoms with Crippen molar-refractivity contribution in [3.8, 4) is 0 Å². The molecule has 0 bridgehead atoms. The van der Waals surface area contributed by atoms with Crippen LogP contribution in [0.4, 0.5) is 8.78 Å². The fourth-order valence-corrected chi connectivity index (χ4v) is 2.21. The SMILES string of the molecule is O=C(N[C@@H](Cc1ccccc1Cl)C(=O)O)c1cccc(F)c1F. The van der Waals surface area contributed by atoms with Crippen molar-refractivity contribution in [3.63, 3.8) is 0 Å². The van der Waals surface area contributed by atoms with E-state index in [2.05, 4.69) is 5.32 Å². The summed E-state index contributed by atoms with van der Waals surface area (Å²) in [6.45, 7) is 0. The van der Waals surface area contributed by atoms with Crippen molar-refractivity contribution in [2.45, 2.75) is 12.5 Å². The zero-order valence-corrected chi connectivity index (χ0v) is 12.5. The quantitative estimate of drug-likeness (QED) is 0.880. The van der Waals surface area contributed by atoms with Gasteiger partial charge in [0, 0.05) is 11.4 Å². The highest BCUT2D eigenvalue weighted by Gasteiger charge is 2.24. The summed E-state index contributed by atoms with van der Waals surface area (Å²) in [4.78, 5) is 23.3. The van der Waals surface area contributed by atoms with Gasteiger partial charge < -0.3 is 10.4 Å². The molecule has 0 spiro atoms. The predicted molar refractivity (Wildman–Crippen MR) is 80.4 cm³/mol. The maximum absolute atomic E-state index is 13.6. The minimum atomic E-state index is -1.33. The number of rotatable bonds is 5. The minimum Gasteiger partial charge on any atom is -0.480 e. The molecular formula is C16H12ClF2NO3. The van der Waals surface area contributed by atoms with Crippen LogP contribution in [0, 0.1) is 11.6 Å². The molecule has 2 rings (SSSR count). The van der Waals surface area contributed by atoms with Crippen LogP contribution in [0.15, 0.2) is 42.5 Å². The first-order chi connectivity index (χ1) is 10.9. The van der Waals surface area contributed by atoms with Crippen LogP contribution >= 0.6 is 11.6 Å². The third-order valence-corrected chi connectivity index (χ3v) is 3.55. The van der Waals surface area contributed by atoms with Crippen LogP contribution in [0.5, 0.6) is 0 Å². The van der Waals surface area contributed by atoms with E-state index in [1.807, 2.05) is 0 Å². The fourth-order valence-electron chi connectivity index (χ4n) is 2.00. The zero-order valence-electron chi connectivity index (χ0n) is 11.7. The van der Waals surface area contributed by atoms with Crippen LogP contribution < -0.4 is 5.32 Å². The van der Waals surface area contributed by atoms with Gasteiger partial charge in [0.05, 0.1) is 5.56 Å². The molecule has 2 N–H and O–H groups in total. The Hall–Kier alpha value is -2.47. The summed E-state index contributed by atoms with van der Waals surface area (Å²) in [5, 5.41) is 11.7. The summed E-state index contributed by atoms with van der Waals surface area (Å²) in [6, 6.07) is 8.34. The van der Waals surface area contributed by atoms with Gasteiger partial charge in [-0.15, -0.1) is 0 Å². The van der Waals surface area contributed by atoms with Gasteiger partial charge >= 0.3 is 5.97 Å². The van der Waals surface area contributed by atoms with Gasteiger partial charge in [-0.25, -0.2) is 13.6 Å². The van der Waals surface area contributed by atoms with Gasteiger partial charge in [0.1, 0.15) is 6.04 Å². The lowest BCUT2D eigenvalue weighted by Gasteiger charge is -2.15. The number of benzene rings is 2. The molecule has 1 atom stereocenters. The van der Waals surface area contributed by atoms with Crippen LogP contribution in [0.25, 0.3) is 0 Å². The van der Waals surface area contributed by atoms with Crippen molar-refractivity contribution in [3.05, 3.63) is 70.2 Å². The lowest BCUT2D eigenvalue weighted by molar-refractivity contribution is -0.139. The maximum Gasteiger partial charge on any atom is 0.326 e. The molecule has 0 aliphatic rings. The molecule has 0 aliphatic heterocycles. The number of hydrogen-bond acceptors (Lipinski definition) is 2. The van der Waals surface area contributed by atoms with E-state index in [1.165, 1.54) is 0 Å². The van der Waals surface area contributed by atoms with Gasteiger partial charge in [0.25, 0.3) is 5.91 Å². The molecule has 120 valence electrons. The molecule has 4 nitrogen and oxygen atoms in total. The summed E-state index contributed by atoms with van der Waals surface area (Å²) in [5.74, 6) is -4.83. The Morgan fingerprint density at radius 3 is 2.48 bits per heavy atom. The highest BCUT2D eigenvalue weighted by Crippen LogP contribution is 2.17. The van der Waals surface area contributed by atoms with Gasteiger partial charge in [0.15, 0.2) is 11.6 Å². The normalized spacial score (nSPS) is 11.8. The van der Waals surface area contributed by atoms with E-state index in [0.717, 1.165) is 18.2 Å². The lowest BCUT2D eigenvalue weighted by Crippen LogP contribution is -2.42. The number of aliphatic carboxylic acids is 1. The Kier molecular flexibility index (Phi) is 5.28. The largest absolute Gasteiger partial charge is 0.480 e. The van der Waals surface area contributed by atoms with Gasteiger partial charge in [-0.1, -0.05) is 35.9 Å². The number of nitrogens with one attached hydrogen (secondary N) is 1. The van der Waals surface area contributed by atoms with Gasteiger partial charge in [0.2, 0.25) is 0 Å². The van der Waals surface area contributed by atoms with Crippen molar-refractivity contribution < 1.29 is 23.5 Å². The predicted octanol–water partition coefficient (Wildman–Crippen LogP) is 3.04. The number of carboxylic acid groups (broad SMARTS) is 1. The summed E-state index contributed by atoms with van der Waals surface area (Å²) in [5.41, 5.74) is -0.0445. The topological polar surface area (TPSA) is 66.4 Å². The molecule has 2 aromatic rings. The first-order valence-electron chi connectivity index (χ1n) is 6.61. The van der Waals surface area contributed by atoms with Crippen molar-refractivity contribution in [1.29, 1.82) is 0 Å². The number of carboxylic acids is 1. The third-order valence-electron chi connectivity index (χ3n) is 3.18. The van der Waals surface area contributed by atoms with E-state index in [4.69, 9.17) is 11.6 Å². The molecule has 0 saturated heterocycles. The number of carbonyl (C=O) groups is 2. The summed E-state index contributed by atoms with van der Waals surface area (Å²) >= 11 is 5.96. The summed E-state index contributed by atoms with van der Waals surface area (Å²) < 4.78 is 26.7. The number of halogens is 3. The van der Waals surface area contributed by atoms with E-state index in [-0.39, 0.29) is 6.42 Å². The summed E-state index contributed by atoms with van der Waals surface area (Å²) in [6.07, 6.45) is -0.0856. The summed E-state index contributed by atoms with van der Waals surface area (Å²) in [7, 11) is 0. The van der Waals surface area contributed by atoms with Crippen molar-refractivity contribution >= 4 is 23.5 Å². The standard InChI is InChI=1S/C16H12ClF2NO3/c17-11-6-2-1-4-9(11)8-13(16(22)23)20-15(21)10-5-3-7-12(18)14(10)19/h1-7,13H,8H2,(H,20,21)(H,22,23)/t13-/m0/s1. The molecule has 7 heteroatoms. The molecule has 2 aromatic carbocycles. The Morgan fingerprint density at radius 1 is 1.13 bits per heavy atom. The first-order valence-corrected chi connectivity index (χ1v) is 6.99. The zero-order chi connectivity index (χ0) is 17.0. The van der Waals surface area contributed by atoms with Gasteiger partial charge in [-0.2, -0.15) is 0 Å². The van der Waals surface area contributed by atoms with E-state index in [9.17, 15) is 23.5 Å². The molecule has 0 heterocycles. The van der Waals surface area contributed by atoms with Gasteiger partial charge in [-0.3, -0.25) is 4.79 Å². The van der Waals surface area contributed by atoms with Crippen LogP contribution in [0.2, 0.25) is 5.02 Å². The Balaban J connectivity index is 2.20. The minimum absolute atomic E-state index is 0.0856. The molecule has 0 fully saturated rings. The van der Waals surface area contributed by atoms with Crippen molar-refractivity contribution in [1.82, 2.24) is 5.32 Å². The average molecular weight is 340 g/mol.